The number of aromatic nitrogens is 2. The highest BCUT2D eigenvalue weighted by Crippen LogP contribution is 2.43. The molecule has 1 aromatic carbocycles. The maximum Gasteiger partial charge on any atom is 0.106 e. The van der Waals surface area contributed by atoms with Crippen molar-refractivity contribution in [2.24, 2.45) is 5.73 Å². The molecular formula is C16H23N3. The molecular weight excluding hydrogens is 234 g/mol. The molecule has 0 amide bonds. The van der Waals surface area contributed by atoms with Crippen LogP contribution in [0, 0.1) is 6.92 Å². The van der Waals surface area contributed by atoms with Gasteiger partial charge in [-0.15, -0.1) is 0 Å². The normalized spacial score (nSPS) is 17.9. The molecule has 1 aliphatic carbocycles. The largest absolute Gasteiger partial charge is 0.330 e. The Bertz CT molecular complexity index is 600. The van der Waals surface area contributed by atoms with Crippen molar-refractivity contribution in [1.29, 1.82) is 0 Å². The third-order valence-corrected chi connectivity index (χ3v) is 4.70. The second-order valence-corrected chi connectivity index (χ2v) is 6.16. The Morgan fingerprint density at radius 3 is 2.63 bits per heavy atom. The lowest BCUT2D eigenvalue weighted by atomic mass is 9.64. The molecule has 1 aliphatic rings. The minimum Gasteiger partial charge on any atom is -0.330 e. The van der Waals surface area contributed by atoms with Crippen molar-refractivity contribution in [3.05, 3.63) is 29.6 Å². The van der Waals surface area contributed by atoms with E-state index >= 15 is 0 Å². The molecule has 3 heteroatoms. The number of fused-ring (bicyclic) bond motifs is 1. The van der Waals surface area contributed by atoms with Gasteiger partial charge in [0.25, 0.3) is 0 Å². The lowest BCUT2D eigenvalue weighted by molar-refractivity contribution is 0.253. The summed E-state index contributed by atoms with van der Waals surface area (Å²) < 4.78 is 2.30. The summed E-state index contributed by atoms with van der Waals surface area (Å²) in [4.78, 5) is 4.72. The van der Waals surface area contributed by atoms with E-state index in [1.54, 1.807) is 0 Å². The van der Waals surface area contributed by atoms with Gasteiger partial charge in [-0.1, -0.05) is 12.5 Å². The van der Waals surface area contributed by atoms with Crippen LogP contribution in [-0.4, -0.2) is 16.1 Å². The number of imidazole rings is 1. The van der Waals surface area contributed by atoms with E-state index in [1.807, 2.05) is 0 Å². The summed E-state index contributed by atoms with van der Waals surface area (Å²) in [6.45, 7) is 7.24. The van der Waals surface area contributed by atoms with Crippen molar-refractivity contribution in [1.82, 2.24) is 9.55 Å². The molecule has 102 valence electrons. The zero-order valence-corrected chi connectivity index (χ0v) is 12.1. The van der Waals surface area contributed by atoms with Crippen molar-refractivity contribution >= 4 is 11.0 Å². The number of nitrogens with zero attached hydrogens (tertiary/aromatic N) is 2. The fourth-order valence-electron chi connectivity index (χ4n) is 3.42. The van der Waals surface area contributed by atoms with E-state index in [9.17, 15) is 0 Å². The average molecular weight is 257 g/mol. The van der Waals surface area contributed by atoms with Crippen LogP contribution in [0.4, 0.5) is 0 Å². The number of benzene rings is 1. The van der Waals surface area contributed by atoms with Gasteiger partial charge in [0.05, 0.1) is 11.0 Å². The van der Waals surface area contributed by atoms with E-state index in [4.69, 9.17) is 10.7 Å². The van der Waals surface area contributed by atoms with Crippen LogP contribution < -0.4 is 5.73 Å². The zero-order valence-electron chi connectivity index (χ0n) is 12.1. The minimum absolute atomic E-state index is 0.226. The van der Waals surface area contributed by atoms with Crippen LogP contribution in [0.3, 0.4) is 0 Å². The summed E-state index contributed by atoms with van der Waals surface area (Å²) in [6.07, 6.45) is 3.74. The van der Waals surface area contributed by atoms with Gasteiger partial charge in [0, 0.05) is 18.0 Å². The molecule has 0 saturated heterocycles. The second kappa shape index (κ2) is 4.34. The quantitative estimate of drug-likeness (QED) is 0.916. The Hall–Kier alpha value is -1.35. The Kier molecular flexibility index (Phi) is 2.90. The third kappa shape index (κ3) is 1.79. The first-order valence-electron chi connectivity index (χ1n) is 7.26. The summed E-state index contributed by atoms with van der Waals surface area (Å²) in [5, 5.41) is 0. The smallest absolute Gasteiger partial charge is 0.106 e. The molecule has 19 heavy (non-hydrogen) atoms. The van der Waals surface area contributed by atoms with Crippen molar-refractivity contribution in [2.45, 2.75) is 51.5 Å². The SMILES string of the molecule is Cc1nc2cc(C3(CN)CCC3)ccc2n1C(C)C. The first kappa shape index (κ1) is 12.7. The maximum atomic E-state index is 6.00. The number of hydrogen-bond donors (Lipinski definition) is 1. The Morgan fingerprint density at radius 2 is 2.11 bits per heavy atom. The van der Waals surface area contributed by atoms with Crippen LogP contribution in [0.5, 0.6) is 0 Å². The van der Waals surface area contributed by atoms with E-state index < -0.39 is 0 Å². The van der Waals surface area contributed by atoms with Gasteiger partial charge in [0.1, 0.15) is 5.82 Å². The summed E-state index contributed by atoms with van der Waals surface area (Å²) in [5.41, 5.74) is 9.96. The number of rotatable bonds is 3. The molecule has 3 rings (SSSR count). The average Bonchev–Trinajstić information content (AvgIpc) is 2.63. The number of hydrogen-bond acceptors (Lipinski definition) is 2. The summed E-state index contributed by atoms with van der Waals surface area (Å²) in [7, 11) is 0. The first-order chi connectivity index (χ1) is 9.07. The van der Waals surface area contributed by atoms with Crippen LogP contribution in [-0.2, 0) is 5.41 Å². The molecule has 3 nitrogen and oxygen atoms in total. The van der Waals surface area contributed by atoms with Crippen molar-refractivity contribution < 1.29 is 0 Å². The van der Waals surface area contributed by atoms with Gasteiger partial charge >= 0.3 is 0 Å². The van der Waals surface area contributed by atoms with Gasteiger partial charge in [-0.3, -0.25) is 0 Å². The van der Waals surface area contributed by atoms with Gasteiger partial charge in [-0.05, 0) is 51.3 Å². The standard InChI is InChI=1S/C16H23N3/c1-11(2)19-12(3)18-14-9-13(5-6-15(14)19)16(10-17)7-4-8-16/h5-6,9,11H,4,7-8,10,17H2,1-3H3. The first-order valence-corrected chi connectivity index (χ1v) is 7.26. The van der Waals surface area contributed by atoms with Crippen molar-refractivity contribution in [3.63, 3.8) is 0 Å². The molecule has 0 aliphatic heterocycles. The van der Waals surface area contributed by atoms with Gasteiger partial charge < -0.3 is 10.3 Å². The van der Waals surface area contributed by atoms with Gasteiger partial charge in [-0.25, -0.2) is 4.98 Å². The Balaban J connectivity index is 2.12. The lowest BCUT2D eigenvalue weighted by Gasteiger charge is -2.41. The van der Waals surface area contributed by atoms with Crippen LogP contribution in [0.2, 0.25) is 0 Å². The monoisotopic (exact) mass is 257 g/mol. The maximum absolute atomic E-state index is 6.00. The highest BCUT2D eigenvalue weighted by molar-refractivity contribution is 5.77. The molecule has 2 aromatic rings. The van der Waals surface area contributed by atoms with Crippen LogP contribution in [0.15, 0.2) is 18.2 Å². The molecule has 1 aromatic heterocycles. The van der Waals surface area contributed by atoms with E-state index in [2.05, 4.69) is 43.5 Å². The number of nitrogens with two attached hydrogens (primary N) is 1. The lowest BCUT2D eigenvalue weighted by Crippen LogP contribution is -2.41. The van der Waals surface area contributed by atoms with Gasteiger partial charge in [0.2, 0.25) is 0 Å². The van der Waals surface area contributed by atoms with Crippen LogP contribution >= 0.6 is 0 Å². The fraction of sp³-hybridized carbons (Fsp3) is 0.562. The van der Waals surface area contributed by atoms with E-state index in [0.717, 1.165) is 17.9 Å². The summed E-state index contributed by atoms with van der Waals surface area (Å²) in [6, 6.07) is 7.19. The molecule has 0 bridgehead atoms. The topological polar surface area (TPSA) is 43.8 Å². The van der Waals surface area contributed by atoms with Gasteiger partial charge in [-0.2, -0.15) is 0 Å². The Morgan fingerprint density at radius 1 is 1.37 bits per heavy atom. The Labute approximate surface area is 114 Å². The van der Waals surface area contributed by atoms with E-state index in [0.29, 0.717) is 6.04 Å². The van der Waals surface area contributed by atoms with Crippen LogP contribution in [0.1, 0.15) is 50.5 Å². The molecule has 0 spiro atoms. The highest BCUT2D eigenvalue weighted by Gasteiger charge is 2.37. The van der Waals surface area contributed by atoms with Crippen molar-refractivity contribution in [3.8, 4) is 0 Å². The summed E-state index contributed by atoms with van der Waals surface area (Å²) in [5.74, 6) is 1.09. The summed E-state index contributed by atoms with van der Waals surface area (Å²) >= 11 is 0. The molecule has 0 unspecified atom stereocenters. The fourth-order valence-corrected chi connectivity index (χ4v) is 3.42. The molecule has 1 heterocycles. The van der Waals surface area contributed by atoms with Gasteiger partial charge in [0.15, 0.2) is 0 Å². The molecule has 2 N–H and O–H groups in total. The highest BCUT2D eigenvalue weighted by atomic mass is 15.1. The minimum atomic E-state index is 0.226. The molecule has 1 saturated carbocycles. The predicted molar refractivity (Wildman–Crippen MR) is 79.4 cm³/mol. The third-order valence-electron chi connectivity index (χ3n) is 4.70. The van der Waals surface area contributed by atoms with Crippen LogP contribution in [0.25, 0.3) is 11.0 Å². The molecule has 1 fully saturated rings. The second-order valence-electron chi connectivity index (χ2n) is 6.16. The van der Waals surface area contributed by atoms with E-state index in [1.165, 1.54) is 30.3 Å². The van der Waals surface area contributed by atoms with Crippen molar-refractivity contribution in [2.75, 3.05) is 6.54 Å². The molecule has 0 atom stereocenters. The zero-order chi connectivity index (χ0) is 13.6. The molecule has 0 radical (unpaired) electrons. The predicted octanol–water partition coefficient (Wildman–Crippen LogP) is 3.31. The van der Waals surface area contributed by atoms with E-state index in [-0.39, 0.29) is 5.41 Å². The number of aryl methyl sites for hydroxylation is 1.